The number of fused-ring (bicyclic) bond motifs is 1. The van der Waals surface area contributed by atoms with E-state index in [0.717, 1.165) is 17.1 Å². The number of nitrogens with one attached hydrogen (secondary N) is 1. The highest BCUT2D eigenvalue weighted by molar-refractivity contribution is 5.86. The van der Waals surface area contributed by atoms with Gasteiger partial charge < -0.3 is 9.72 Å². The Morgan fingerprint density at radius 2 is 1.58 bits per heavy atom. The lowest BCUT2D eigenvalue weighted by atomic mass is 9.99. The maximum atomic E-state index is 5.99. The molecule has 0 bridgehead atoms. The molecular weight excluding hydrogens is 294 g/mol. The highest BCUT2D eigenvalue weighted by atomic mass is 16.5. The Balaban J connectivity index is 1.70. The van der Waals surface area contributed by atoms with Gasteiger partial charge in [0.25, 0.3) is 0 Å². The smallest absolute Gasteiger partial charge is 0.127 e. The van der Waals surface area contributed by atoms with Gasteiger partial charge in [0.1, 0.15) is 12.4 Å². The Labute approximate surface area is 142 Å². The van der Waals surface area contributed by atoms with Crippen molar-refractivity contribution in [2.45, 2.75) is 20.8 Å². The van der Waals surface area contributed by atoms with Crippen molar-refractivity contribution in [3.05, 3.63) is 76.5 Å². The van der Waals surface area contributed by atoms with E-state index >= 15 is 0 Å². The lowest BCUT2D eigenvalue weighted by Crippen LogP contribution is -2.08. The average Bonchev–Trinajstić information content (AvgIpc) is 3.05. The molecule has 0 radical (unpaired) electrons. The summed E-state index contributed by atoms with van der Waals surface area (Å²) < 4.78 is 5.99. The molecule has 120 valence electrons. The summed E-state index contributed by atoms with van der Waals surface area (Å²) in [6.45, 7) is 6.95. The van der Waals surface area contributed by atoms with Gasteiger partial charge in [-0.15, -0.1) is 0 Å². The Bertz CT molecular complexity index is 929. The second-order valence-corrected chi connectivity index (χ2v) is 6.60. The molecule has 0 aliphatic carbocycles. The van der Waals surface area contributed by atoms with Crippen molar-refractivity contribution < 1.29 is 4.74 Å². The second-order valence-electron chi connectivity index (χ2n) is 6.60. The van der Waals surface area contributed by atoms with Gasteiger partial charge in [0.15, 0.2) is 0 Å². The number of aromatic nitrogens is 1. The van der Waals surface area contributed by atoms with E-state index in [9.17, 15) is 0 Å². The van der Waals surface area contributed by atoms with Crippen LogP contribution in [0.15, 0.2) is 48.5 Å². The van der Waals surface area contributed by atoms with E-state index in [2.05, 4.69) is 80.4 Å². The van der Waals surface area contributed by atoms with Crippen LogP contribution in [0, 0.1) is 20.8 Å². The lowest BCUT2D eigenvalue weighted by Gasteiger charge is -2.19. The van der Waals surface area contributed by atoms with Crippen LogP contribution in [0.1, 0.15) is 27.9 Å². The van der Waals surface area contributed by atoms with E-state index in [4.69, 9.17) is 4.74 Å². The predicted octanol–water partition coefficient (Wildman–Crippen LogP) is 5.54. The first-order chi connectivity index (χ1) is 11.6. The van der Waals surface area contributed by atoms with Crippen LogP contribution in [0.25, 0.3) is 22.9 Å². The van der Waals surface area contributed by atoms with Crippen LogP contribution in [0.2, 0.25) is 0 Å². The predicted molar refractivity (Wildman–Crippen MR) is 100 cm³/mol. The van der Waals surface area contributed by atoms with Gasteiger partial charge in [-0.2, -0.15) is 0 Å². The molecule has 0 fully saturated rings. The third-order valence-corrected chi connectivity index (χ3v) is 4.59. The molecular formula is C22H21NO. The van der Waals surface area contributed by atoms with Gasteiger partial charge in [-0.05, 0) is 61.7 Å². The van der Waals surface area contributed by atoms with Gasteiger partial charge in [0.05, 0.1) is 0 Å². The van der Waals surface area contributed by atoms with Crippen LogP contribution >= 0.6 is 0 Å². The minimum atomic E-state index is 0.601. The van der Waals surface area contributed by atoms with Crippen molar-refractivity contribution in [2.24, 2.45) is 0 Å². The Morgan fingerprint density at radius 3 is 2.38 bits per heavy atom. The molecule has 2 nitrogen and oxygen atoms in total. The Kier molecular flexibility index (Phi) is 3.53. The standard InChI is InChI=1S/C22H21NO/c1-14-4-6-17(7-5-14)20-8-9-21(23-20)18-12-19-16(3)10-15(2)11-22(19)24-13-18/h4-12,23H,13H2,1-3H3. The second kappa shape index (κ2) is 5.72. The Hall–Kier alpha value is -2.74. The molecule has 0 unspecified atom stereocenters. The summed E-state index contributed by atoms with van der Waals surface area (Å²) in [4.78, 5) is 3.53. The van der Waals surface area contributed by atoms with Gasteiger partial charge in [-0.1, -0.05) is 35.9 Å². The number of ether oxygens (including phenoxy) is 1. The van der Waals surface area contributed by atoms with Gasteiger partial charge in [-0.25, -0.2) is 0 Å². The molecule has 2 aromatic carbocycles. The topological polar surface area (TPSA) is 25.0 Å². The summed E-state index contributed by atoms with van der Waals surface area (Å²) in [5, 5.41) is 0. The first kappa shape index (κ1) is 14.8. The van der Waals surface area contributed by atoms with E-state index < -0.39 is 0 Å². The van der Waals surface area contributed by atoms with E-state index in [0.29, 0.717) is 6.61 Å². The summed E-state index contributed by atoms with van der Waals surface area (Å²) in [5.41, 5.74) is 9.61. The van der Waals surface area contributed by atoms with E-state index in [1.165, 1.54) is 33.4 Å². The molecule has 0 amide bonds. The molecule has 3 aromatic rings. The van der Waals surface area contributed by atoms with Crippen molar-refractivity contribution in [2.75, 3.05) is 6.61 Å². The molecule has 1 aromatic heterocycles. The summed E-state index contributed by atoms with van der Waals surface area (Å²) in [7, 11) is 0. The molecule has 0 atom stereocenters. The van der Waals surface area contributed by atoms with Gasteiger partial charge in [-0.3, -0.25) is 0 Å². The zero-order chi connectivity index (χ0) is 16.7. The zero-order valence-electron chi connectivity index (χ0n) is 14.3. The molecule has 0 saturated carbocycles. The number of aryl methyl sites for hydroxylation is 3. The lowest BCUT2D eigenvalue weighted by molar-refractivity contribution is 0.365. The number of H-pyrrole nitrogens is 1. The molecule has 4 rings (SSSR count). The monoisotopic (exact) mass is 315 g/mol. The summed E-state index contributed by atoms with van der Waals surface area (Å²) in [6, 6.07) is 17.2. The number of hydrogen-bond acceptors (Lipinski definition) is 1. The van der Waals surface area contributed by atoms with E-state index in [-0.39, 0.29) is 0 Å². The number of hydrogen-bond donors (Lipinski definition) is 1. The van der Waals surface area contributed by atoms with Crippen molar-refractivity contribution in [1.29, 1.82) is 0 Å². The highest BCUT2D eigenvalue weighted by Gasteiger charge is 2.16. The van der Waals surface area contributed by atoms with Crippen LogP contribution in [0.3, 0.4) is 0 Å². The van der Waals surface area contributed by atoms with Crippen LogP contribution in [0.4, 0.5) is 0 Å². The first-order valence-electron chi connectivity index (χ1n) is 8.31. The number of aromatic amines is 1. The third-order valence-electron chi connectivity index (χ3n) is 4.59. The third kappa shape index (κ3) is 2.65. The molecule has 2 heterocycles. The summed E-state index contributed by atoms with van der Waals surface area (Å²) >= 11 is 0. The molecule has 0 spiro atoms. The van der Waals surface area contributed by atoms with Crippen LogP contribution in [-0.2, 0) is 0 Å². The fourth-order valence-corrected chi connectivity index (χ4v) is 3.25. The molecule has 1 N–H and O–H groups in total. The Morgan fingerprint density at radius 1 is 0.833 bits per heavy atom. The summed E-state index contributed by atoms with van der Waals surface area (Å²) in [5.74, 6) is 0.988. The SMILES string of the molecule is Cc1ccc(-c2ccc(C3=Cc4c(C)cc(C)cc4OC3)[nH]2)cc1. The van der Waals surface area contributed by atoms with E-state index in [1.54, 1.807) is 0 Å². The summed E-state index contributed by atoms with van der Waals surface area (Å²) in [6.07, 6.45) is 2.25. The molecule has 1 aliphatic heterocycles. The fourth-order valence-electron chi connectivity index (χ4n) is 3.25. The van der Waals surface area contributed by atoms with Crippen molar-refractivity contribution in [1.82, 2.24) is 4.98 Å². The van der Waals surface area contributed by atoms with Crippen molar-refractivity contribution in [3.63, 3.8) is 0 Å². The minimum Gasteiger partial charge on any atom is -0.488 e. The maximum absolute atomic E-state index is 5.99. The minimum absolute atomic E-state index is 0.601. The molecule has 1 aliphatic rings. The van der Waals surface area contributed by atoms with Crippen LogP contribution < -0.4 is 4.74 Å². The highest BCUT2D eigenvalue weighted by Crippen LogP contribution is 2.34. The first-order valence-corrected chi connectivity index (χ1v) is 8.31. The maximum Gasteiger partial charge on any atom is 0.127 e. The largest absolute Gasteiger partial charge is 0.488 e. The number of benzene rings is 2. The zero-order valence-corrected chi connectivity index (χ0v) is 14.3. The quantitative estimate of drug-likeness (QED) is 0.660. The van der Waals surface area contributed by atoms with Crippen LogP contribution in [-0.4, -0.2) is 11.6 Å². The molecule has 24 heavy (non-hydrogen) atoms. The van der Waals surface area contributed by atoms with Gasteiger partial charge >= 0.3 is 0 Å². The fraction of sp³-hybridized carbons (Fsp3) is 0.182. The van der Waals surface area contributed by atoms with Crippen molar-refractivity contribution >= 4 is 11.6 Å². The van der Waals surface area contributed by atoms with Gasteiger partial charge in [0, 0.05) is 22.5 Å². The number of rotatable bonds is 2. The van der Waals surface area contributed by atoms with Crippen LogP contribution in [0.5, 0.6) is 5.75 Å². The average molecular weight is 315 g/mol. The molecule has 0 saturated heterocycles. The van der Waals surface area contributed by atoms with Gasteiger partial charge in [0.2, 0.25) is 0 Å². The normalized spacial score (nSPS) is 13.2. The molecule has 2 heteroatoms. The van der Waals surface area contributed by atoms with Crippen molar-refractivity contribution in [3.8, 4) is 17.0 Å². The van der Waals surface area contributed by atoms with E-state index in [1.807, 2.05) is 0 Å².